The lowest BCUT2D eigenvalue weighted by molar-refractivity contribution is 0.485. The van der Waals surface area contributed by atoms with Crippen LogP contribution in [0.5, 0.6) is 0 Å². The lowest BCUT2D eigenvalue weighted by Gasteiger charge is -2.36. The molecule has 6 aromatic rings. The molecular weight excluding hydrogens is 729 g/mol. The average Bonchev–Trinajstić information content (AvgIpc) is 3.69. The summed E-state index contributed by atoms with van der Waals surface area (Å²) in [4.78, 5) is 17.2. The summed E-state index contributed by atoms with van der Waals surface area (Å²) in [7, 11) is 0. The van der Waals surface area contributed by atoms with Gasteiger partial charge in [0.25, 0.3) is 0 Å². The molecule has 4 aromatic heterocycles. The second-order valence-corrected chi connectivity index (χ2v) is 24.7. The Labute approximate surface area is 360 Å². The summed E-state index contributed by atoms with van der Waals surface area (Å²) in [5.41, 5.74) is 22.9. The van der Waals surface area contributed by atoms with Gasteiger partial charge in [0.15, 0.2) is 0 Å². The molecular formula is C56H68N4. The van der Waals surface area contributed by atoms with Crippen LogP contribution in [-0.4, -0.2) is 19.4 Å². The van der Waals surface area contributed by atoms with Gasteiger partial charge in [-0.05, 0) is 122 Å². The minimum atomic E-state index is -0.166. The highest BCUT2D eigenvalue weighted by Crippen LogP contribution is 2.57. The third-order valence-electron chi connectivity index (χ3n) is 13.6. The maximum absolute atomic E-state index is 5.83. The van der Waals surface area contributed by atoms with E-state index in [2.05, 4.69) is 184 Å². The molecule has 0 saturated heterocycles. The number of rotatable bonds is 0. The number of aryl methyl sites for hydroxylation is 2. The minimum absolute atomic E-state index is 0.0675. The standard InChI is InChI=1S/C56H68N4/c1-51(2,3)32-23-34-35-27-38-36-21-30(48(55(13,14)15)57-42(36)28-41(53(7,8)9)46(38)37(35)24-32)19-20-31-22-40-43(58-49(31)56(16,17)18)29-45(54(10,11)12)60-44-26-33(52(4,5)6)25-39(34)47(44)59-50(40)60/h21-29,46H,19-20H2,1-18H3. The van der Waals surface area contributed by atoms with Crippen molar-refractivity contribution in [3.05, 3.63) is 110 Å². The van der Waals surface area contributed by atoms with E-state index in [9.17, 15) is 0 Å². The number of hydrogen-bond acceptors (Lipinski definition) is 3. The molecule has 60 heavy (non-hydrogen) atoms. The number of hydrogen-bond donors (Lipinski definition) is 0. The van der Waals surface area contributed by atoms with Crippen molar-refractivity contribution >= 4 is 45.3 Å². The number of aromatic nitrogens is 4. The summed E-state index contributed by atoms with van der Waals surface area (Å²) in [6.45, 7) is 42.2. The van der Waals surface area contributed by atoms with Gasteiger partial charge in [-0.3, -0.25) is 14.4 Å². The average molecular weight is 797 g/mol. The summed E-state index contributed by atoms with van der Waals surface area (Å²) in [5.74, 6) is 0.139. The van der Waals surface area contributed by atoms with Gasteiger partial charge in [0.1, 0.15) is 5.65 Å². The summed E-state index contributed by atoms with van der Waals surface area (Å²) < 4.78 is 2.50. The molecule has 312 valence electrons. The summed E-state index contributed by atoms with van der Waals surface area (Å²) in [5, 5.41) is 1.12. The van der Waals surface area contributed by atoms with E-state index in [0.29, 0.717) is 0 Å². The third kappa shape index (κ3) is 6.32. The predicted octanol–water partition coefficient (Wildman–Crippen LogP) is 14.8. The molecule has 0 N–H and O–H groups in total. The highest BCUT2D eigenvalue weighted by Gasteiger charge is 2.41. The van der Waals surface area contributed by atoms with E-state index < -0.39 is 0 Å². The quantitative estimate of drug-likeness (QED) is 0.154. The lowest BCUT2D eigenvalue weighted by Crippen LogP contribution is -2.24. The van der Waals surface area contributed by atoms with Crippen LogP contribution in [0.1, 0.15) is 192 Å². The molecule has 0 spiro atoms. The molecule has 2 aromatic carbocycles. The molecule has 0 saturated carbocycles. The maximum atomic E-state index is 5.83. The van der Waals surface area contributed by atoms with Crippen LogP contribution in [0.25, 0.3) is 56.4 Å². The van der Waals surface area contributed by atoms with E-state index in [-0.39, 0.29) is 38.4 Å². The number of nitrogens with zero attached hydrogens (tertiary/aromatic N) is 4. The van der Waals surface area contributed by atoms with E-state index in [1.165, 1.54) is 83.8 Å². The number of benzene rings is 2. The van der Waals surface area contributed by atoms with Crippen molar-refractivity contribution < 1.29 is 0 Å². The van der Waals surface area contributed by atoms with Gasteiger partial charge in [-0.2, -0.15) is 0 Å². The lowest BCUT2D eigenvalue weighted by atomic mass is 9.69. The second kappa shape index (κ2) is 12.5. The Hall–Kier alpha value is -4.57. The van der Waals surface area contributed by atoms with Crippen molar-refractivity contribution in [3.8, 4) is 11.1 Å². The zero-order valence-electron chi connectivity index (χ0n) is 40.0. The van der Waals surface area contributed by atoms with Crippen molar-refractivity contribution in [2.45, 2.75) is 170 Å². The van der Waals surface area contributed by atoms with Crippen LogP contribution in [0, 0.1) is 5.41 Å². The first-order valence-electron chi connectivity index (χ1n) is 22.5. The number of fused-ring (bicyclic) bond motifs is 5. The highest BCUT2D eigenvalue weighted by atomic mass is 15.0. The Morgan fingerprint density at radius 3 is 1.68 bits per heavy atom. The van der Waals surface area contributed by atoms with Crippen molar-refractivity contribution in [2.24, 2.45) is 5.41 Å². The molecule has 4 heteroatoms. The van der Waals surface area contributed by atoms with Crippen molar-refractivity contribution in [3.63, 3.8) is 0 Å². The van der Waals surface area contributed by atoms with Gasteiger partial charge in [0.2, 0.25) is 0 Å². The Morgan fingerprint density at radius 2 is 1.10 bits per heavy atom. The van der Waals surface area contributed by atoms with Crippen molar-refractivity contribution in [2.75, 3.05) is 0 Å². The van der Waals surface area contributed by atoms with Crippen LogP contribution in [0.2, 0.25) is 0 Å². The van der Waals surface area contributed by atoms with Gasteiger partial charge < -0.3 is 0 Å². The topological polar surface area (TPSA) is 43.1 Å². The molecule has 0 fully saturated rings. The second-order valence-electron chi connectivity index (χ2n) is 24.7. The molecule has 3 aliphatic rings. The summed E-state index contributed by atoms with van der Waals surface area (Å²) in [6, 6.07) is 17.3. The molecule has 1 aliphatic heterocycles. The number of imidazole rings is 1. The maximum Gasteiger partial charge on any atom is 0.147 e. The predicted molar refractivity (Wildman–Crippen MR) is 257 cm³/mol. The minimum Gasteiger partial charge on any atom is -0.295 e. The smallest absolute Gasteiger partial charge is 0.147 e. The van der Waals surface area contributed by atoms with E-state index >= 15 is 0 Å². The van der Waals surface area contributed by atoms with E-state index in [0.717, 1.165) is 40.6 Å². The van der Waals surface area contributed by atoms with Gasteiger partial charge >= 0.3 is 0 Å². The fourth-order valence-electron chi connectivity index (χ4n) is 10.3. The molecule has 1 atom stereocenters. The van der Waals surface area contributed by atoms with Gasteiger partial charge in [0, 0.05) is 55.8 Å². The number of allylic oxidation sites excluding steroid dienone is 2. The monoisotopic (exact) mass is 797 g/mol. The molecule has 8 bridgehead atoms. The summed E-state index contributed by atoms with van der Waals surface area (Å²) in [6.07, 6.45) is 6.78. The largest absolute Gasteiger partial charge is 0.295 e. The van der Waals surface area contributed by atoms with Crippen molar-refractivity contribution in [1.82, 2.24) is 19.4 Å². The normalized spacial score (nSPS) is 17.1. The van der Waals surface area contributed by atoms with Crippen LogP contribution < -0.4 is 0 Å². The van der Waals surface area contributed by atoms with E-state index in [1.807, 2.05) is 0 Å². The summed E-state index contributed by atoms with van der Waals surface area (Å²) >= 11 is 0. The Kier molecular flexibility index (Phi) is 8.51. The van der Waals surface area contributed by atoms with Crippen LogP contribution in [0.4, 0.5) is 0 Å². The van der Waals surface area contributed by atoms with E-state index in [1.54, 1.807) is 0 Å². The van der Waals surface area contributed by atoms with Gasteiger partial charge in [-0.15, -0.1) is 0 Å². The Balaban J connectivity index is 1.54. The Bertz CT molecular complexity index is 2900. The fourth-order valence-corrected chi connectivity index (χ4v) is 10.3. The van der Waals surface area contributed by atoms with Crippen molar-refractivity contribution in [1.29, 1.82) is 0 Å². The molecule has 4 nitrogen and oxygen atoms in total. The molecule has 0 amide bonds. The Morgan fingerprint density at radius 1 is 0.517 bits per heavy atom. The third-order valence-corrected chi connectivity index (χ3v) is 13.6. The first kappa shape index (κ1) is 40.8. The van der Waals surface area contributed by atoms with Gasteiger partial charge in [-0.1, -0.05) is 136 Å². The first-order valence-corrected chi connectivity index (χ1v) is 22.5. The molecule has 5 heterocycles. The fraction of sp³-hybridized carbons (Fsp3) is 0.482. The molecule has 1 unspecified atom stereocenters. The van der Waals surface area contributed by atoms with E-state index in [4.69, 9.17) is 15.0 Å². The zero-order valence-corrected chi connectivity index (χ0v) is 40.0. The van der Waals surface area contributed by atoms with Crippen LogP contribution >= 0.6 is 0 Å². The number of pyridine rings is 3. The van der Waals surface area contributed by atoms with Gasteiger partial charge in [-0.25, -0.2) is 4.98 Å². The SMILES string of the molecule is CC(C)(C)C1=Cc2nc(C(C)(C)C)c3cc2C2=Cc4c(cc(C(C)(C)C)cc4C21)-c1cc(C(C)(C)C)cc2c1nc1c4cc(c(C(C)(C)C)nc4cc(C(C)(C)C)n21)CC3. The zero-order chi connectivity index (χ0) is 43.6. The van der Waals surface area contributed by atoms with Gasteiger partial charge in [0.05, 0.1) is 22.2 Å². The van der Waals surface area contributed by atoms with Crippen LogP contribution in [0.3, 0.4) is 0 Å². The first-order chi connectivity index (χ1) is 27.5. The molecule has 2 aliphatic carbocycles. The van der Waals surface area contributed by atoms with Crippen LogP contribution in [-0.2, 0) is 39.9 Å². The highest BCUT2D eigenvalue weighted by molar-refractivity contribution is 6.07. The molecule has 0 radical (unpaired) electrons. The molecule has 9 rings (SSSR count). The van der Waals surface area contributed by atoms with Crippen LogP contribution in [0.15, 0.2) is 48.0 Å².